The number of hydrogen-bond donors (Lipinski definition) is 1. The number of rotatable bonds is 3. The molecule has 0 amide bonds. The molecule has 1 aromatic heterocycles. The molecule has 0 bridgehead atoms. The van der Waals surface area contributed by atoms with Crippen LogP contribution in [-0.2, 0) is 16.1 Å². The molecule has 0 aliphatic carbocycles. The predicted molar refractivity (Wildman–Crippen MR) is 78.6 cm³/mol. The molecule has 0 spiro atoms. The number of pyridine rings is 1. The molecule has 1 aromatic carbocycles. The first-order valence-corrected chi connectivity index (χ1v) is 7.01. The number of fused-ring (bicyclic) bond motifs is 1. The Labute approximate surface area is 123 Å². The molecule has 1 saturated heterocycles. The number of esters is 1. The topological polar surface area (TPSA) is 62.7 Å². The van der Waals surface area contributed by atoms with Crippen LogP contribution >= 0.6 is 0 Å². The highest BCUT2D eigenvalue weighted by atomic mass is 16.5. The van der Waals surface area contributed by atoms with Gasteiger partial charge in [0.2, 0.25) is 0 Å². The number of likely N-dealkylation sites (tertiary alicyclic amines) is 1. The van der Waals surface area contributed by atoms with Crippen molar-refractivity contribution in [3.63, 3.8) is 0 Å². The van der Waals surface area contributed by atoms with Gasteiger partial charge >= 0.3 is 5.97 Å². The van der Waals surface area contributed by atoms with E-state index in [4.69, 9.17) is 4.74 Å². The number of carbonyl (C=O) groups is 1. The van der Waals surface area contributed by atoms with E-state index in [0.717, 1.165) is 16.5 Å². The molecule has 1 aliphatic heterocycles. The van der Waals surface area contributed by atoms with Crippen LogP contribution in [0.1, 0.15) is 12.0 Å². The number of methoxy groups -OCH3 is 1. The third-order valence-corrected chi connectivity index (χ3v) is 3.97. The highest BCUT2D eigenvalue weighted by molar-refractivity contribution is 5.82. The number of aliphatic hydroxyl groups excluding tert-OH is 1. The van der Waals surface area contributed by atoms with Gasteiger partial charge in [0.15, 0.2) is 0 Å². The number of nitrogens with zero attached hydrogens (tertiary/aromatic N) is 2. The Kier molecular flexibility index (Phi) is 3.86. The van der Waals surface area contributed by atoms with Gasteiger partial charge in [-0.25, -0.2) is 0 Å². The second-order valence-electron chi connectivity index (χ2n) is 5.35. The van der Waals surface area contributed by atoms with Gasteiger partial charge in [-0.3, -0.25) is 14.7 Å². The number of β-amino-alcohol motifs (C(OH)–C–C–N with tert-alkyl or cyclic N) is 1. The fraction of sp³-hybridized carbons (Fsp3) is 0.375. The van der Waals surface area contributed by atoms with Crippen LogP contribution in [0.15, 0.2) is 36.5 Å². The van der Waals surface area contributed by atoms with Crippen molar-refractivity contribution < 1.29 is 14.6 Å². The van der Waals surface area contributed by atoms with Crippen molar-refractivity contribution >= 4 is 16.9 Å². The van der Waals surface area contributed by atoms with E-state index in [1.165, 1.54) is 7.11 Å². The second kappa shape index (κ2) is 5.79. The van der Waals surface area contributed by atoms with Crippen molar-refractivity contribution in [2.75, 3.05) is 13.7 Å². The van der Waals surface area contributed by atoms with Crippen molar-refractivity contribution in [1.29, 1.82) is 0 Å². The summed E-state index contributed by atoms with van der Waals surface area (Å²) in [6.07, 6.45) is 1.72. The molecule has 2 aromatic rings. The van der Waals surface area contributed by atoms with Crippen LogP contribution in [0.25, 0.3) is 10.9 Å². The zero-order valence-electron chi connectivity index (χ0n) is 11.9. The Bertz CT molecular complexity index is 654. The molecule has 0 radical (unpaired) electrons. The lowest BCUT2D eigenvalue weighted by atomic mass is 10.1. The third-order valence-electron chi connectivity index (χ3n) is 3.97. The van der Waals surface area contributed by atoms with E-state index in [9.17, 15) is 9.90 Å². The molecule has 2 heterocycles. The van der Waals surface area contributed by atoms with Crippen LogP contribution in [0.5, 0.6) is 0 Å². The maximum absolute atomic E-state index is 11.8. The highest BCUT2D eigenvalue weighted by Gasteiger charge is 2.36. The highest BCUT2D eigenvalue weighted by Crippen LogP contribution is 2.24. The van der Waals surface area contributed by atoms with Crippen LogP contribution in [-0.4, -0.2) is 46.8 Å². The van der Waals surface area contributed by atoms with E-state index in [-0.39, 0.29) is 12.0 Å². The van der Waals surface area contributed by atoms with Crippen LogP contribution < -0.4 is 0 Å². The minimum atomic E-state index is -0.484. The molecule has 1 N–H and O–H groups in total. The molecule has 110 valence electrons. The zero-order chi connectivity index (χ0) is 14.8. The van der Waals surface area contributed by atoms with Crippen LogP contribution in [0.4, 0.5) is 0 Å². The van der Waals surface area contributed by atoms with Gasteiger partial charge < -0.3 is 9.84 Å². The normalized spacial score (nSPS) is 22.6. The summed E-state index contributed by atoms with van der Waals surface area (Å²) in [4.78, 5) is 18.1. The number of carbonyl (C=O) groups excluding carboxylic acids is 1. The predicted octanol–water partition coefficient (Wildman–Crippen LogP) is 1.34. The summed E-state index contributed by atoms with van der Waals surface area (Å²) < 4.78 is 4.83. The number of benzene rings is 1. The summed E-state index contributed by atoms with van der Waals surface area (Å²) in [5.41, 5.74) is 2.04. The van der Waals surface area contributed by atoms with Gasteiger partial charge in [0.25, 0.3) is 0 Å². The molecule has 1 aliphatic rings. The Morgan fingerprint density at radius 2 is 2.24 bits per heavy atom. The summed E-state index contributed by atoms with van der Waals surface area (Å²) in [5.74, 6) is -0.287. The molecular formula is C16H18N2O3. The van der Waals surface area contributed by atoms with Gasteiger partial charge in [-0.2, -0.15) is 0 Å². The summed E-state index contributed by atoms with van der Waals surface area (Å²) in [6, 6.07) is 9.51. The van der Waals surface area contributed by atoms with Gasteiger partial charge in [-0.1, -0.05) is 18.2 Å². The average Bonchev–Trinajstić information content (AvgIpc) is 2.87. The summed E-state index contributed by atoms with van der Waals surface area (Å²) in [6.45, 7) is 1.08. The number of ether oxygens (including phenoxy) is 1. The lowest BCUT2D eigenvalue weighted by Gasteiger charge is -2.22. The van der Waals surface area contributed by atoms with Crippen molar-refractivity contribution in [3.05, 3.63) is 42.1 Å². The molecule has 2 atom stereocenters. The Morgan fingerprint density at radius 1 is 1.43 bits per heavy atom. The van der Waals surface area contributed by atoms with E-state index >= 15 is 0 Å². The Morgan fingerprint density at radius 3 is 3.05 bits per heavy atom. The standard InChI is InChI=1S/C16H18N2O3/c1-21-16(20)15-8-12(19)10-18(15)9-11-6-7-17-14-5-3-2-4-13(11)14/h2-7,12,15,19H,8-10H2,1H3. The minimum absolute atomic E-state index is 0.287. The van der Waals surface area contributed by atoms with Gasteiger partial charge in [0, 0.05) is 31.1 Å². The smallest absolute Gasteiger partial charge is 0.323 e. The quantitative estimate of drug-likeness (QED) is 0.863. The zero-order valence-corrected chi connectivity index (χ0v) is 11.9. The lowest BCUT2D eigenvalue weighted by molar-refractivity contribution is -0.146. The average molecular weight is 286 g/mol. The van der Waals surface area contributed by atoms with Gasteiger partial charge in [-0.15, -0.1) is 0 Å². The summed E-state index contributed by atoms with van der Waals surface area (Å²) in [5, 5.41) is 10.9. The van der Waals surface area contributed by atoms with E-state index in [2.05, 4.69) is 4.98 Å². The van der Waals surface area contributed by atoms with E-state index in [0.29, 0.717) is 19.5 Å². The molecule has 5 heteroatoms. The van der Waals surface area contributed by atoms with Gasteiger partial charge in [0.1, 0.15) is 6.04 Å². The second-order valence-corrected chi connectivity index (χ2v) is 5.35. The van der Waals surface area contributed by atoms with Crippen LogP contribution in [0.3, 0.4) is 0 Å². The molecule has 21 heavy (non-hydrogen) atoms. The fourth-order valence-electron chi connectivity index (χ4n) is 2.95. The fourth-order valence-corrected chi connectivity index (χ4v) is 2.95. The molecular weight excluding hydrogens is 268 g/mol. The van der Waals surface area contributed by atoms with Crippen molar-refractivity contribution in [1.82, 2.24) is 9.88 Å². The maximum Gasteiger partial charge on any atom is 0.323 e. The molecule has 3 rings (SSSR count). The minimum Gasteiger partial charge on any atom is -0.468 e. The molecule has 5 nitrogen and oxygen atoms in total. The van der Waals surface area contributed by atoms with Crippen LogP contribution in [0, 0.1) is 0 Å². The maximum atomic E-state index is 11.8. The monoisotopic (exact) mass is 286 g/mol. The van der Waals surface area contributed by atoms with Crippen molar-refractivity contribution in [2.24, 2.45) is 0 Å². The van der Waals surface area contributed by atoms with Crippen molar-refractivity contribution in [3.8, 4) is 0 Å². The molecule has 2 unspecified atom stereocenters. The van der Waals surface area contributed by atoms with E-state index < -0.39 is 6.10 Å². The number of aliphatic hydroxyl groups is 1. The summed E-state index contributed by atoms with van der Waals surface area (Å²) >= 11 is 0. The third kappa shape index (κ3) is 2.75. The van der Waals surface area contributed by atoms with Gasteiger partial charge in [0.05, 0.1) is 18.7 Å². The number of para-hydroxylation sites is 1. The first kappa shape index (κ1) is 14.0. The Hall–Kier alpha value is -1.98. The Balaban J connectivity index is 1.89. The van der Waals surface area contributed by atoms with Crippen LogP contribution in [0.2, 0.25) is 0 Å². The number of hydrogen-bond acceptors (Lipinski definition) is 5. The first-order valence-electron chi connectivity index (χ1n) is 7.01. The molecule has 0 saturated carbocycles. The molecule has 1 fully saturated rings. The first-order chi connectivity index (χ1) is 10.2. The lowest BCUT2D eigenvalue weighted by Crippen LogP contribution is -2.36. The SMILES string of the molecule is COC(=O)C1CC(O)CN1Cc1ccnc2ccccc12. The summed E-state index contributed by atoms with van der Waals surface area (Å²) in [7, 11) is 1.38. The largest absolute Gasteiger partial charge is 0.468 e. The van der Waals surface area contributed by atoms with Crippen molar-refractivity contribution in [2.45, 2.75) is 25.1 Å². The van der Waals surface area contributed by atoms with Gasteiger partial charge in [-0.05, 0) is 17.7 Å². The van der Waals surface area contributed by atoms with E-state index in [1.807, 2.05) is 35.2 Å². The number of aromatic nitrogens is 1. The van der Waals surface area contributed by atoms with E-state index in [1.54, 1.807) is 6.20 Å².